The molecular formula is C29H47NO5. The summed E-state index contributed by atoms with van der Waals surface area (Å²) in [6.45, 7) is 12.4. The lowest BCUT2D eigenvalue weighted by atomic mass is 9.44. The van der Waals surface area contributed by atoms with Crippen LogP contribution in [-0.2, 0) is 23.8 Å². The molecule has 0 aromatic heterocycles. The molecule has 1 aliphatic heterocycles. The first-order valence-corrected chi connectivity index (χ1v) is 14.2. The monoisotopic (exact) mass is 489 g/mol. The third-order valence-electron chi connectivity index (χ3n) is 11.5. The molecule has 6 heteroatoms. The molecule has 6 nitrogen and oxygen atoms in total. The van der Waals surface area contributed by atoms with E-state index in [1.54, 1.807) is 0 Å². The summed E-state index contributed by atoms with van der Waals surface area (Å²) in [5, 5.41) is 0. The van der Waals surface area contributed by atoms with Gasteiger partial charge >= 0.3 is 5.97 Å². The third-order valence-corrected chi connectivity index (χ3v) is 11.5. The van der Waals surface area contributed by atoms with Crippen molar-refractivity contribution >= 4 is 11.8 Å². The SMILES string of the molecule is CC(=O)[C@H]1CC[C@H]2[C@@H]3CC[C@H]4C[C@](C)(OCOC(=O)CN5CCOCC5)CC[C@]4(C)[C@H]3CC[C@]12C. The molecule has 0 amide bonds. The number of ketones is 1. The van der Waals surface area contributed by atoms with E-state index >= 15 is 0 Å². The first kappa shape index (κ1) is 25.7. The topological polar surface area (TPSA) is 65.1 Å². The van der Waals surface area contributed by atoms with Gasteiger partial charge in [-0.05, 0) is 106 Å². The van der Waals surface area contributed by atoms with Crippen LogP contribution in [0.15, 0.2) is 0 Å². The molecular weight excluding hydrogens is 442 g/mol. The quantitative estimate of drug-likeness (QED) is 0.393. The Morgan fingerprint density at radius 2 is 1.66 bits per heavy atom. The van der Waals surface area contributed by atoms with Crippen LogP contribution in [0.2, 0.25) is 0 Å². The second-order valence-electron chi connectivity index (χ2n) is 13.3. The Morgan fingerprint density at radius 3 is 2.40 bits per heavy atom. The highest BCUT2D eigenvalue weighted by molar-refractivity contribution is 5.79. The molecule has 0 radical (unpaired) electrons. The molecule has 5 aliphatic rings. The fourth-order valence-electron chi connectivity index (χ4n) is 9.44. The molecule has 198 valence electrons. The van der Waals surface area contributed by atoms with Crippen molar-refractivity contribution in [1.82, 2.24) is 4.90 Å². The molecule has 0 aromatic rings. The van der Waals surface area contributed by atoms with Gasteiger partial charge in [0.25, 0.3) is 0 Å². The number of hydrogen-bond donors (Lipinski definition) is 0. The molecule has 1 saturated heterocycles. The Morgan fingerprint density at radius 1 is 0.914 bits per heavy atom. The summed E-state index contributed by atoms with van der Waals surface area (Å²) in [6.07, 6.45) is 10.7. The van der Waals surface area contributed by atoms with Gasteiger partial charge in [-0.1, -0.05) is 13.8 Å². The summed E-state index contributed by atoms with van der Waals surface area (Å²) >= 11 is 0. The van der Waals surface area contributed by atoms with Crippen LogP contribution in [-0.4, -0.2) is 61.9 Å². The van der Waals surface area contributed by atoms with Gasteiger partial charge < -0.3 is 14.2 Å². The number of morpholine rings is 1. The van der Waals surface area contributed by atoms with Crippen LogP contribution < -0.4 is 0 Å². The van der Waals surface area contributed by atoms with Crippen LogP contribution in [0.4, 0.5) is 0 Å². The van der Waals surface area contributed by atoms with E-state index in [-0.39, 0.29) is 29.7 Å². The number of rotatable bonds is 6. The molecule has 0 N–H and O–H groups in total. The smallest absolute Gasteiger partial charge is 0.322 e. The van der Waals surface area contributed by atoms with E-state index in [1.165, 1.54) is 38.5 Å². The zero-order valence-electron chi connectivity index (χ0n) is 22.5. The second kappa shape index (κ2) is 9.72. The number of hydrogen-bond acceptors (Lipinski definition) is 6. The van der Waals surface area contributed by atoms with Gasteiger partial charge in [0.05, 0.1) is 25.4 Å². The van der Waals surface area contributed by atoms with E-state index < -0.39 is 0 Å². The van der Waals surface area contributed by atoms with Crippen LogP contribution in [0.25, 0.3) is 0 Å². The molecule has 5 rings (SSSR count). The Labute approximate surface area is 211 Å². The fraction of sp³-hybridized carbons (Fsp3) is 0.931. The highest BCUT2D eigenvalue weighted by Gasteiger charge is 2.61. The number of Topliss-reactive ketones (excluding diaryl/α,β-unsaturated/α-hetero) is 1. The maximum Gasteiger partial charge on any atom is 0.322 e. The number of esters is 1. The molecule has 5 fully saturated rings. The molecule has 1 heterocycles. The highest BCUT2D eigenvalue weighted by Crippen LogP contribution is 2.68. The van der Waals surface area contributed by atoms with Gasteiger partial charge in [0, 0.05) is 19.0 Å². The summed E-state index contributed by atoms with van der Waals surface area (Å²) < 4.78 is 17.1. The van der Waals surface area contributed by atoms with Crippen LogP contribution in [0.5, 0.6) is 0 Å². The molecule has 35 heavy (non-hydrogen) atoms. The lowest BCUT2D eigenvalue weighted by molar-refractivity contribution is -0.199. The Kier molecular flexibility index (Phi) is 7.13. The number of ether oxygens (including phenoxy) is 3. The first-order valence-electron chi connectivity index (χ1n) is 14.2. The highest BCUT2D eigenvalue weighted by atomic mass is 16.7. The van der Waals surface area contributed by atoms with E-state index in [9.17, 15) is 9.59 Å². The van der Waals surface area contributed by atoms with Crippen molar-refractivity contribution in [1.29, 1.82) is 0 Å². The van der Waals surface area contributed by atoms with Crippen LogP contribution in [0.1, 0.15) is 85.5 Å². The molecule has 0 bridgehead atoms. The van der Waals surface area contributed by atoms with Crippen molar-refractivity contribution < 1.29 is 23.8 Å². The van der Waals surface area contributed by atoms with Crippen molar-refractivity contribution in [2.75, 3.05) is 39.6 Å². The van der Waals surface area contributed by atoms with Gasteiger partial charge in [-0.3, -0.25) is 14.5 Å². The number of carbonyl (C=O) groups excluding carboxylic acids is 2. The van der Waals surface area contributed by atoms with E-state index in [0.717, 1.165) is 50.1 Å². The zero-order valence-corrected chi connectivity index (χ0v) is 22.5. The van der Waals surface area contributed by atoms with Gasteiger partial charge in [-0.25, -0.2) is 0 Å². The molecule has 4 saturated carbocycles. The molecule has 0 spiro atoms. The first-order chi connectivity index (χ1) is 16.6. The summed E-state index contributed by atoms with van der Waals surface area (Å²) in [4.78, 5) is 26.8. The van der Waals surface area contributed by atoms with E-state index in [4.69, 9.17) is 14.2 Å². The van der Waals surface area contributed by atoms with Gasteiger partial charge in [0.15, 0.2) is 6.79 Å². The molecule has 4 aliphatic carbocycles. The van der Waals surface area contributed by atoms with Gasteiger partial charge in [0.1, 0.15) is 5.78 Å². The van der Waals surface area contributed by atoms with Crippen molar-refractivity contribution in [2.24, 2.45) is 40.4 Å². The normalized spacial score (nSPS) is 45.8. The lowest BCUT2D eigenvalue weighted by Gasteiger charge is -2.62. The lowest BCUT2D eigenvalue weighted by Crippen LogP contribution is -2.56. The minimum Gasteiger partial charge on any atom is -0.437 e. The minimum absolute atomic E-state index is 0.0576. The minimum atomic E-state index is -0.216. The van der Waals surface area contributed by atoms with Crippen molar-refractivity contribution in [3.63, 3.8) is 0 Å². The summed E-state index contributed by atoms with van der Waals surface area (Å²) in [7, 11) is 0. The summed E-state index contributed by atoms with van der Waals surface area (Å²) in [5.74, 6) is 3.45. The Bertz CT molecular complexity index is 811. The van der Waals surface area contributed by atoms with Crippen LogP contribution in [0.3, 0.4) is 0 Å². The number of fused-ring (bicyclic) bond motifs is 5. The van der Waals surface area contributed by atoms with E-state index in [1.807, 2.05) is 6.92 Å². The zero-order chi connectivity index (χ0) is 24.8. The Balaban J connectivity index is 1.16. The predicted molar refractivity (Wildman–Crippen MR) is 134 cm³/mol. The summed E-state index contributed by atoms with van der Waals surface area (Å²) in [5.41, 5.74) is 0.383. The maximum atomic E-state index is 12.4. The van der Waals surface area contributed by atoms with Gasteiger partial charge in [-0.2, -0.15) is 0 Å². The molecule has 0 unspecified atom stereocenters. The average molecular weight is 490 g/mol. The van der Waals surface area contributed by atoms with Gasteiger partial charge in [-0.15, -0.1) is 0 Å². The van der Waals surface area contributed by atoms with Crippen LogP contribution >= 0.6 is 0 Å². The van der Waals surface area contributed by atoms with E-state index in [0.29, 0.717) is 36.9 Å². The van der Waals surface area contributed by atoms with Crippen molar-refractivity contribution in [3.05, 3.63) is 0 Å². The number of carbonyl (C=O) groups is 2. The second-order valence-corrected chi connectivity index (χ2v) is 13.3. The molecule has 0 aromatic carbocycles. The van der Waals surface area contributed by atoms with Crippen molar-refractivity contribution in [3.8, 4) is 0 Å². The maximum absolute atomic E-state index is 12.4. The van der Waals surface area contributed by atoms with E-state index in [2.05, 4.69) is 25.7 Å². The largest absolute Gasteiger partial charge is 0.437 e. The molecule has 8 atom stereocenters. The summed E-state index contributed by atoms with van der Waals surface area (Å²) in [6, 6.07) is 0. The average Bonchev–Trinajstić information content (AvgIpc) is 3.18. The fourth-order valence-corrected chi connectivity index (χ4v) is 9.44. The van der Waals surface area contributed by atoms with Crippen molar-refractivity contribution in [2.45, 2.75) is 91.1 Å². The Hall–Kier alpha value is -0.980. The standard InChI is InChI=1S/C29H47NO5/c1-20(31)23-7-8-24-22-6-5-21-17-27(2,11-12-28(21,3)25(22)9-10-29(23,24)4)35-19-34-26(32)18-30-13-15-33-16-14-30/h21-25H,5-19H2,1-4H3/t21-,22-,23+,24-,25-,27+,28-,29+/m0/s1. The predicted octanol–water partition coefficient (Wildman–Crippen LogP) is 4.84. The number of nitrogens with zero attached hydrogens (tertiary/aromatic N) is 1. The van der Waals surface area contributed by atoms with Crippen LogP contribution in [0, 0.1) is 40.4 Å². The third kappa shape index (κ3) is 4.72. The van der Waals surface area contributed by atoms with Gasteiger partial charge in [0.2, 0.25) is 0 Å².